The van der Waals surface area contributed by atoms with Gasteiger partial charge >= 0.3 is 0 Å². The molecule has 0 atom stereocenters. The van der Waals surface area contributed by atoms with Crippen LogP contribution in [0.4, 0.5) is 0 Å². The molecule has 2 heteroatoms. The molecule has 53 heavy (non-hydrogen) atoms. The van der Waals surface area contributed by atoms with E-state index >= 15 is 0 Å². The zero-order valence-corrected chi connectivity index (χ0v) is 28.7. The second kappa shape index (κ2) is 11.2. The third-order valence-corrected chi connectivity index (χ3v) is 11.2. The fraction of sp³-hybridized carbons (Fsp3) is 0.0588. The highest BCUT2D eigenvalue weighted by atomic mass is 15.0. The van der Waals surface area contributed by atoms with Crippen molar-refractivity contribution in [3.8, 4) is 44.8 Å². The maximum absolute atomic E-state index is 8.80. The Morgan fingerprint density at radius 2 is 0.849 bits per heavy atom. The van der Waals surface area contributed by atoms with Gasteiger partial charge in [-0.15, -0.1) is 0 Å². The van der Waals surface area contributed by atoms with E-state index in [1.807, 2.05) is 48.5 Å². The summed E-state index contributed by atoms with van der Waals surface area (Å²) in [6.45, 7) is -5.70. The monoisotopic (exact) mass is 682 g/mol. The van der Waals surface area contributed by atoms with Crippen LogP contribution >= 0.6 is 0 Å². The van der Waals surface area contributed by atoms with Crippen molar-refractivity contribution in [3.05, 3.63) is 193 Å². The average Bonchev–Trinajstić information content (AvgIpc) is 3.88. The van der Waals surface area contributed by atoms with Gasteiger partial charge in [-0.3, -0.25) is 0 Å². The van der Waals surface area contributed by atoms with Gasteiger partial charge in [-0.2, -0.15) is 0 Å². The van der Waals surface area contributed by atoms with Crippen molar-refractivity contribution in [2.45, 2.75) is 19.1 Å². The molecule has 250 valence electrons. The lowest BCUT2D eigenvalue weighted by atomic mass is 9.82. The van der Waals surface area contributed by atoms with E-state index in [4.69, 9.17) is 8.22 Å². The molecule has 0 fully saturated rings. The van der Waals surface area contributed by atoms with E-state index in [2.05, 4.69) is 130 Å². The Morgan fingerprint density at radius 3 is 1.47 bits per heavy atom. The van der Waals surface area contributed by atoms with Crippen molar-refractivity contribution in [1.82, 2.24) is 9.13 Å². The van der Waals surface area contributed by atoms with Crippen LogP contribution in [0.25, 0.3) is 88.4 Å². The van der Waals surface area contributed by atoms with Crippen LogP contribution in [0.15, 0.2) is 182 Å². The number of para-hydroxylation sites is 2. The van der Waals surface area contributed by atoms with Crippen LogP contribution in [-0.2, 0) is 5.41 Å². The van der Waals surface area contributed by atoms with Gasteiger partial charge in [0.15, 0.2) is 0 Å². The Kier molecular flexibility index (Phi) is 5.17. The van der Waals surface area contributed by atoms with E-state index in [1.54, 1.807) is 12.1 Å². The predicted octanol–water partition coefficient (Wildman–Crippen LogP) is 13.5. The Morgan fingerprint density at radius 1 is 0.377 bits per heavy atom. The van der Waals surface area contributed by atoms with Crippen molar-refractivity contribution in [1.29, 1.82) is 0 Å². The Bertz CT molecular complexity index is 3260. The van der Waals surface area contributed by atoms with Gasteiger partial charge in [0.1, 0.15) is 0 Å². The third-order valence-electron chi connectivity index (χ3n) is 11.2. The first-order valence-electron chi connectivity index (χ1n) is 21.0. The maximum atomic E-state index is 8.80. The van der Waals surface area contributed by atoms with Crippen LogP contribution in [0.5, 0.6) is 0 Å². The van der Waals surface area contributed by atoms with Gasteiger partial charge in [0.25, 0.3) is 0 Å². The van der Waals surface area contributed by atoms with Crippen molar-refractivity contribution in [3.63, 3.8) is 0 Å². The van der Waals surface area contributed by atoms with E-state index < -0.39 is 19.1 Å². The maximum Gasteiger partial charge on any atom is 0.0548 e. The summed E-state index contributed by atoms with van der Waals surface area (Å²) in [5.41, 5.74) is 10.2. The summed E-state index contributed by atoms with van der Waals surface area (Å²) in [4.78, 5) is 0. The number of fused-ring (bicyclic) bond motifs is 10. The molecule has 0 saturated carbocycles. The van der Waals surface area contributed by atoms with Gasteiger partial charge in [0.05, 0.1) is 22.1 Å². The second-order valence-corrected chi connectivity index (χ2v) is 14.1. The lowest BCUT2D eigenvalue weighted by molar-refractivity contribution is 0.660. The standard InChI is InChI=1S/C51H36N2/c1-51(2)43-17-9-6-14-39(43)40-29-28-38(32-44(40)51)53-46-19-11-8-16-42(46)50-48(53)31-30-47-49(50)41-15-7-10-18-45(41)52(47)37-26-24-36(25-27-37)35-22-20-34(21-23-35)33-12-4-3-5-13-33/h3-32H,1-2H3/i1D3,2D3. The minimum absolute atomic E-state index is 0.301. The van der Waals surface area contributed by atoms with Gasteiger partial charge in [-0.1, -0.05) is 147 Å². The van der Waals surface area contributed by atoms with Crippen molar-refractivity contribution < 1.29 is 8.22 Å². The van der Waals surface area contributed by atoms with E-state index in [1.165, 1.54) is 11.1 Å². The van der Waals surface area contributed by atoms with Crippen LogP contribution in [0.2, 0.25) is 0 Å². The molecule has 0 saturated heterocycles. The van der Waals surface area contributed by atoms with E-state index in [-0.39, 0.29) is 0 Å². The third kappa shape index (κ3) is 4.33. The molecule has 0 unspecified atom stereocenters. The van der Waals surface area contributed by atoms with Gasteiger partial charge in [0.2, 0.25) is 0 Å². The number of rotatable bonds is 4. The fourth-order valence-electron chi connectivity index (χ4n) is 8.77. The molecule has 0 bridgehead atoms. The van der Waals surface area contributed by atoms with Gasteiger partial charge < -0.3 is 9.13 Å². The molecule has 1 aliphatic carbocycles. The molecule has 0 amide bonds. The Hall–Kier alpha value is -6.64. The number of nitrogens with zero attached hydrogens (tertiary/aromatic N) is 2. The molecule has 0 spiro atoms. The minimum atomic E-state index is -2.85. The van der Waals surface area contributed by atoms with Crippen LogP contribution in [-0.4, -0.2) is 9.13 Å². The minimum Gasteiger partial charge on any atom is -0.309 e. The molecule has 8 aromatic carbocycles. The summed E-state index contributed by atoms with van der Waals surface area (Å²) < 4.78 is 57.3. The van der Waals surface area contributed by atoms with Crippen LogP contribution in [0.1, 0.15) is 33.1 Å². The summed E-state index contributed by atoms with van der Waals surface area (Å²) >= 11 is 0. The molecule has 2 aromatic heterocycles. The SMILES string of the molecule is [2H]C([2H])([2H])C1(C([2H])([2H])[2H])c2ccccc2-c2ccc(-n3c4ccccc4c4c5c6ccccc6n(-c6ccc(-c7ccc(-c8ccccc8)cc7)cc6)c5ccc43)cc21. The van der Waals surface area contributed by atoms with Gasteiger partial charge in [-0.05, 0) is 93.0 Å². The first kappa shape index (κ1) is 24.5. The Balaban J connectivity index is 1.10. The summed E-state index contributed by atoms with van der Waals surface area (Å²) in [7, 11) is 0. The number of hydrogen-bond acceptors (Lipinski definition) is 0. The quantitative estimate of drug-likeness (QED) is 0.175. The van der Waals surface area contributed by atoms with Crippen molar-refractivity contribution in [2.24, 2.45) is 0 Å². The van der Waals surface area contributed by atoms with Crippen LogP contribution in [0.3, 0.4) is 0 Å². The van der Waals surface area contributed by atoms with Gasteiger partial charge in [-0.25, -0.2) is 0 Å². The molecule has 10 aromatic rings. The summed E-state index contributed by atoms with van der Waals surface area (Å²) in [6.07, 6.45) is 0. The number of benzene rings is 8. The summed E-state index contributed by atoms with van der Waals surface area (Å²) in [6, 6.07) is 61.7. The number of aromatic nitrogens is 2. The smallest absolute Gasteiger partial charge is 0.0548 e. The van der Waals surface area contributed by atoms with Crippen LogP contribution in [0, 0.1) is 0 Å². The highest BCUT2D eigenvalue weighted by Crippen LogP contribution is 2.50. The lowest BCUT2D eigenvalue weighted by Gasteiger charge is -2.22. The van der Waals surface area contributed by atoms with Gasteiger partial charge in [0, 0.05) is 46.6 Å². The van der Waals surface area contributed by atoms with Crippen molar-refractivity contribution >= 4 is 43.6 Å². The zero-order chi connectivity index (χ0) is 40.3. The number of hydrogen-bond donors (Lipinski definition) is 0. The van der Waals surface area contributed by atoms with Crippen LogP contribution < -0.4 is 0 Å². The molecule has 2 heterocycles. The largest absolute Gasteiger partial charge is 0.309 e. The topological polar surface area (TPSA) is 9.86 Å². The highest BCUT2D eigenvalue weighted by Gasteiger charge is 2.35. The van der Waals surface area contributed by atoms with E-state index in [0.717, 1.165) is 60.4 Å². The molecule has 0 aliphatic heterocycles. The lowest BCUT2D eigenvalue weighted by Crippen LogP contribution is -2.15. The fourth-order valence-corrected chi connectivity index (χ4v) is 8.77. The molecule has 11 rings (SSSR count). The molecule has 0 N–H and O–H groups in total. The first-order valence-corrected chi connectivity index (χ1v) is 18.0. The summed E-state index contributed by atoms with van der Waals surface area (Å²) in [5.74, 6) is 0. The molecule has 1 aliphatic rings. The zero-order valence-electron chi connectivity index (χ0n) is 34.7. The molecule has 2 nitrogen and oxygen atoms in total. The highest BCUT2D eigenvalue weighted by molar-refractivity contribution is 6.28. The summed E-state index contributed by atoms with van der Waals surface area (Å²) in [5, 5.41) is 4.35. The molecular formula is C51H36N2. The van der Waals surface area contributed by atoms with E-state index in [0.29, 0.717) is 27.9 Å². The molecular weight excluding hydrogens is 641 g/mol. The molecule has 0 radical (unpaired) electrons. The normalized spacial score (nSPS) is 15.4. The first-order chi connectivity index (χ1) is 28.6. The Labute approximate surface area is 317 Å². The van der Waals surface area contributed by atoms with E-state index in [9.17, 15) is 0 Å². The van der Waals surface area contributed by atoms with Crippen molar-refractivity contribution in [2.75, 3.05) is 0 Å². The average molecular weight is 683 g/mol. The second-order valence-electron chi connectivity index (χ2n) is 14.1. The predicted molar refractivity (Wildman–Crippen MR) is 224 cm³/mol.